The highest BCUT2D eigenvalue weighted by atomic mass is 16.1. The summed E-state index contributed by atoms with van der Waals surface area (Å²) < 4.78 is 1.84. The number of aryl methyl sites for hydroxylation is 1. The first-order chi connectivity index (χ1) is 14.0. The summed E-state index contributed by atoms with van der Waals surface area (Å²) in [6.07, 6.45) is 1.71. The second-order valence-corrected chi connectivity index (χ2v) is 7.60. The van der Waals surface area contributed by atoms with E-state index in [0.29, 0.717) is 12.1 Å². The van der Waals surface area contributed by atoms with Gasteiger partial charge < -0.3 is 11.1 Å². The summed E-state index contributed by atoms with van der Waals surface area (Å²) in [5.41, 5.74) is 9.07. The molecule has 0 radical (unpaired) electrons. The number of hydrogen-bond acceptors (Lipinski definition) is 4. The number of carbonyl (C=O) groups is 1. The number of hydrogen-bond donors (Lipinski definition) is 2. The van der Waals surface area contributed by atoms with Crippen LogP contribution in [0.3, 0.4) is 0 Å². The van der Waals surface area contributed by atoms with Gasteiger partial charge in [-0.25, -0.2) is 9.67 Å². The van der Waals surface area contributed by atoms with Crippen molar-refractivity contribution in [3.8, 4) is 0 Å². The van der Waals surface area contributed by atoms with Gasteiger partial charge in [-0.05, 0) is 49.2 Å². The van der Waals surface area contributed by atoms with E-state index < -0.39 is 0 Å². The van der Waals surface area contributed by atoms with Crippen LogP contribution in [0.5, 0.6) is 0 Å². The van der Waals surface area contributed by atoms with Crippen molar-refractivity contribution in [3.63, 3.8) is 0 Å². The van der Waals surface area contributed by atoms with Gasteiger partial charge in [0.2, 0.25) is 0 Å². The zero-order valence-electron chi connectivity index (χ0n) is 16.9. The molecular weight excluding hydrogens is 362 g/mol. The van der Waals surface area contributed by atoms with E-state index in [4.69, 9.17) is 5.73 Å². The fraction of sp³-hybridized carbons (Fsp3) is 0.261. The van der Waals surface area contributed by atoms with E-state index >= 15 is 0 Å². The lowest BCUT2D eigenvalue weighted by atomic mass is 10.0. The molecule has 0 aliphatic heterocycles. The Morgan fingerprint density at radius 3 is 2.62 bits per heavy atom. The second kappa shape index (κ2) is 7.64. The lowest BCUT2D eigenvalue weighted by Crippen LogP contribution is -2.33. The van der Waals surface area contributed by atoms with E-state index in [9.17, 15) is 4.79 Å². The van der Waals surface area contributed by atoms with E-state index in [2.05, 4.69) is 39.7 Å². The Bertz CT molecular complexity index is 1190. The molecule has 6 heteroatoms. The SMILES string of the molecule is Cc1cc(C(=O)NC(CN)c2ccc3ccccc3c2)c2cnn(C(C)C)c2n1. The summed E-state index contributed by atoms with van der Waals surface area (Å²) in [5.74, 6) is -0.174. The fourth-order valence-electron chi connectivity index (χ4n) is 3.65. The molecule has 29 heavy (non-hydrogen) atoms. The Morgan fingerprint density at radius 2 is 1.90 bits per heavy atom. The minimum atomic E-state index is -0.282. The summed E-state index contributed by atoms with van der Waals surface area (Å²) in [6, 6.07) is 16.0. The molecule has 0 saturated heterocycles. The first-order valence-corrected chi connectivity index (χ1v) is 9.82. The van der Waals surface area contributed by atoms with Crippen LogP contribution in [0.4, 0.5) is 0 Å². The maximum atomic E-state index is 13.2. The molecule has 0 spiro atoms. The Labute approximate surface area is 169 Å². The number of aromatic nitrogens is 3. The van der Waals surface area contributed by atoms with Gasteiger partial charge in [0, 0.05) is 18.3 Å². The molecular formula is C23H25N5O. The molecule has 3 N–H and O–H groups in total. The molecule has 2 heterocycles. The third-order valence-corrected chi connectivity index (χ3v) is 5.15. The van der Waals surface area contributed by atoms with E-state index in [1.807, 2.05) is 43.7 Å². The van der Waals surface area contributed by atoms with Gasteiger partial charge in [0.1, 0.15) is 0 Å². The van der Waals surface area contributed by atoms with Gasteiger partial charge in [-0.2, -0.15) is 5.10 Å². The average molecular weight is 387 g/mol. The van der Waals surface area contributed by atoms with Gasteiger partial charge in [-0.15, -0.1) is 0 Å². The van der Waals surface area contributed by atoms with Crippen molar-refractivity contribution in [1.82, 2.24) is 20.1 Å². The molecule has 0 aliphatic carbocycles. The third kappa shape index (κ3) is 3.59. The van der Waals surface area contributed by atoms with Gasteiger partial charge in [-0.3, -0.25) is 4.79 Å². The number of carbonyl (C=O) groups excluding carboxylic acids is 1. The molecule has 148 valence electrons. The molecule has 0 bridgehead atoms. The molecule has 1 unspecified atom stereocenters. The molecule has 0 aliphatic rings. The largest absolute Gasteiger partial charge is 0.344 e. The van der Waals surface area contributed by atoms with E-state index in [1.165, 1.54) is 0 Å². The van der Waals surface area contributed by atoms with E-state index in [0.717, 1.165) is 33.1 Å². The minimum absolute atomic E-state index is 0.159. The lowest BCUT2D eigenvalue weighted by molar-refractivity contribution is 0.0939. The number of benzene rings is 2. The van der Waals surface area contributed by atoms with Crippen LogP contribution in [0.2, 0.25) is 0 Å². The number of nitrogens with one attached hydrogen (secondary N) is 1. The topological polar surface area (TPSA) is 85.8 Å². The van der Waals surface area contributed by atoms with E-state index in [1.54, 1.807) is 12.3 Å². The van der Waals surface area contributed by atoms with Gasteiger partial charge >= 0.3 is 0 Å². The molecule has 1 amide bonds. The average Bonchev–Trinajstić information content (AvgIpc) is 3.14. The number of fused-ring (bicyclic) bond motifs is 2. The Hall–Kier alpha value is -3.25. The predicted octanol–water partition coefficient (Wildman–Crippen LogP) is 3.90. The van der Waals surface area contributed by atoms with Crippen LogP contribution in [0.25, 0.3) is 21.8 Å². The molecule has 1 atom stereocenters. The molecule has 0 saturated carbocycles. The van der Waals surface area contributed by atoms with Gasteiger partial charge in [0.05, 0.1) is 23.2 Å². The highest BCUT2D eigenvalue weighted by Gasteiger charge is 2.20. The summed E-state index contributed by atoms with van der Waals surface area (Å²) >= 11 is 0. The van der Waals surface area contributed by atoms with Gasteiger partial charge in [-0.1, -0.05) is 36.4 Å². The highest BCUT2D eigenvalue weighted by Crippen LogP contribution is 2.23. The van der Waals surface area contributed by atoms with Crippen LogP contribution < -0.4 is 11.1 Å². The second-order valence-electron chi connectivity index (χ2n) is 7.60. The first kappa shape index (κ1) is 19.1. The minimum Gasteiger partial charge on any atom is -0.344 e. The van der Waals surface area contributed by atoms with Gasteiger partial charge in [0.25, 0.3) is 5.91 Å². The third-order valence-electron chi connectivity index (χ3n) is 5.15. The van der Waals surface area contributed by atoms with E-state index in [-0.39, 0.29) is 18.0 Å². The molecule has 2 aromatic carbocycles. The Morgan fingerprint density at radius 1 is 1.14 bits per heavy atom. The quantitative estimate of drug-likeness (QED) is 0.544. The Kier molecular flexibility index (Phi) is 5.03. The summed E-state index contributed by atoms with van der Waals surface area (Å²) in [5, 5.41) is 10.5. The van der Waals surface area contributed by atoms with Crippen molar-refractivity contribution in [2.75, 3.05) is 6.54 Å². The number of nitrogens with zero attached hydrogens (tertiary/aromatic N) is 3. The van der Waals surface area contributed by atoms with Gasteiger partial charge in [0.15, 0.2) is 5.65 Å². The fourth-order valence-corrected chi connectivity index (χ4v) is 3.65. The summed E-state index contributed by atoms with van der Waals surface area (Å²) in [7, 11) is 0. The maximum Gasteiger partial charge on any atom is 0.252 e. The van der Waals surface area contributed by atoms with Crippen LogP contribution in [0, 0.1) is 6.92 Å². The number of nitrogens with two attached hydrogens (primary N) is 1. The summed E-state index contributed by atoms with van der Waals surface area (Å²) in [6.45, 7) is 6.28. The van der Waals surface area contributed by atoms with Crippen molar-refractivity contribution in [3.05, 3.63) is 71.5 Å². The first-order valence-electron chi connectivity index (χ1n) is 9.82. The van der Waals surface area contributed by atoms with Crippen molar-refractivity contribution in [2.45, 2.75) is 32.9 Å². The number of rotatable bonds is 5. The molecule has 6 nitrogen and oxygen atoms in total. The van der Waals surface area contributed by atoms with Crippen LogP contribution in [-0.2, 0) is 0 Å². The molecule has 2 aromatic heterocycles. The number of amides is 1. The van der Waals surface area contributed by atoms with Crippen LogP contribution in [-0.4, -0.2) is 27.2 Å². The Balaban J connectivity index is 1.68. The predicted molar refractivity (Wildman–Crippen MR) is 116 cm³/mol. The highest BCUT2D eigenvalue weighted by molar-refractivity contribution is 6.05. The normalized spacial score (nSPS) is 12.6. The standard InChI is InChI=1S/C23H25N5O/c1-14(2)28-22-20(13-25-28)19(10-15(3)26-22)23(29)27-21(12-24)18-9-8-16-6-4-5-7-17(16)11-18/h4-11,13-14,21H,12,24H2,1-3H3,(H,27,29). The maximum absolute atomic E-state index is 13.2. The van der Waals surface area contributed by atoms with Crippen LogP contribution in [0.15, 0.2) is 54.7 Å². The van der Waals surface area contributed by atoms with Crippen molar-refractivity contribution >= 4 is 27.7 Å². The molecule has 4 aromatic rings. The van der Waals surface area contributed by atoms with Crippen molar-refractivity contribution < 1.29 is 4.79 Å². The molecule has 0 fully saturated rings. The van der Waals surface area contributed by atoms with Crippen molar-refractivity contribution in [2.24, 2.45) is 5.73 Å². The summed E-state index contributed by atoms with van der Waals surface area (Å²) in [4.78, 5) is 17.8. The van der Waals surface area contributed by atoms with Crippen LogP contribution in [0.1, 0.15) is 47.5 Å². The molecule has 4 rings (SSSR count). The monoisotopic (exact) mass is 387 g/mol. The zero-order chi connectivity index (χ0) is 20.5. The lowest BCUT2D eigenvalue weighted by Gasteiger charge is -2.18. The number of pyridine rings is 1. The zero-order valence-corrected chi connectivity index (χ0v) is 16.9. The van der Waals surface area contributed by atoms with Crippen LogP contribution >= 0.6 is 0 Å². The smallest absolute Gasteiger partial charge is 0.252 e. The van der Waals surface area contributed by atoms with Crippen molar-refractivity contribution in [1.29, 1.82) is 0 Å².